The van der Waals surface area contributed by atoms with Crippen molar-refractivity contribution in [2.45, 2.75) is 31.0 Å². The lowest BCUT2D eigenvalue weighted by Crippen LogP contribution is -2.06. The van der Waals surface area contributed by atoms with E-state index in [1.807, 2.05) is 18.3 Å². The van der Waals surface area contributed by atoms with Crippen LogP contribution in [0.2, 0.25) is 0 Å². The lowest BCUT2D eigenvalue weighted by atomic mass is 9.93. The third kappa shape index (κ3) is 2.81. The molecule has 0 aliphatic carbocycles. The van der Waals surface area contributed by atoms with Crippen molar-refractivity contribution in [1.29, 1.82) is 0 Å². The second-order valence-corrected chi connectivity index (χ2v) is 5.48. The first-order valence-corrected chi connectivity index (χ1v) is 7.28. The quantitative estimate of drug-likeness (QED) is 0.733. The van der Waals surface area contributed by atoms with Gasteiger partial charge in [0.1, 0.15) is 0 Å². The molecule has 0 N–H and O–H groups in total. The topological polar surface area (TPSA) is 12.9 Å². The van der Waals surface area contributed by atoms with Gasteiger partial charge in [0, 0.05) is 22.6 Å². The van der Waals surface area contributed by atoms with Crippen molar-refractivity contribution in [3.63, 3.8) is 0 Å². The average molecular weight is 304 g/mol. The van der Waals surface area contributed by atoms with Crippen molar-refractivity contribution in [3.8, 4) is 0 Å². The van der Waals surface area contributed by atoms with Crippen LogP contribution >= 0.6 is 15.9 Å². The molecule has 0 spiro atoms. The summed E-state index contributed by atoms with van der Waals surface area (Å²) >= 11 is 3.84. The maximum Gasteiger partial charge on any atom is 0.0478 e. The Hall–Kier alpha value is -1.15. The van der Waals surface area contributed by atoms with E-state index in [0.717, 1.165) is 12.1 Å². The van der Waals surface area contributed by atoms with Crippen molar-refractivity contribution in [2.75, 3.05) is 0 Å². The van der Waals surface area contributed by atoms with Gasteiger partial charge in [-0.2, -0.15) is 0 Å². The average Bonchev–Trinajstić information content (AvgIpc) is 2.46. The predicted molar refractivity (Wildman–Crippen MR) is 80.1 cm³/mol. The normalized spacial score (nSPS) is 14.2. The molecule has 2 rings (SSSR count). The molecule has 1 heterocycles. The summed E-state index contributed by atoms with van der Waals surface area (Å²) in [7, 11) is 0. The summed E-state index contributed by atoms with van der Waals surface area (Å²) in [6.45, 7) is 4.41. The molecule has 0 radical (unpaired) electrons. The number of aryl methyl sites for hydroxylation is 1. The fraction of sp³-hybridized carbons (Fsp3) is 0.312. The highest BCUT2D eigenvalue weighted by molar-refractivity contribution is 9.09. The first-order chi connectivity index (χ1) is 8.74. The van der Waals surface area contributed by atoms with Gasteiger partial charge in [0.15, 0.2) is 0 Å². The molecule has 0 amide bonds. The minimum atomic E-state index is 0.309. The summed E-state index contributed by atoms with van der Waals surface area (Å²) < 4.78 is 0. The van der Waals surface area contributed by atoms with Crippen molar-refractivity contribution in [2.24, 2.45) is 0 Å². The molecule has 94 valence electrons. The smallest absolute Gasteiger partial charge is 0.0478 e. The van der Waals surface area contributed by atoms with Crippen LogP contribution in [-0.4, -0.2) is 4.98 Å². The summed E-state index contributed by atoms with van der Waals surface area (Å²) in [5, 5.41) is 0. The van der Waals surface area contributed by atoms with Gasteiger partial charge in [-0.1, -0.05) is 60.1 Å². The molecule has 0 saturated heterocycles. The van der Waals surface area contributed by atoms with E-state index in [1.165, 1.54) is 11.1 Å². The van der Waals surface area contributed by atoms with E-state index in [4.69, 9.17) is 0 Å². The van der Waals surface area contributed by atoms with E-state index in [9.17, 15) is 0 Å². The molecule has 2 heteroatoms. The van der Waals surface area contributed by atoms with Crippen LogP contribution in [0.15, 0.2) is 48.7 Å². The van der Waals surface area contributed by atoms with Crippen LogP contribution in [0.3, 0.4) is 0 Å². The Morgan fingerprint density at radius 3 is 2.50 bits per heavy atom. The molecule has 2 aromatic rings. The second-order valence-electron chi connectivity index (χ2n) is 4.50. The van der Waals surface area contributed by atoms with Gasteiger partial charge >= 0.3 is 0 Å². The highest BCUT2D eigenvalue weighted by Crippen LogP contribution is 2.38. The predicted octanol–water partition coefficient (Wildman–Crippen LogP) is 4.88. The number of hydrogen-bond donors (Lipinski definition) is 0. The standard InChI is InChI=1S/C16H18BrN/c1-3-13-8-4-5-9-14(13)16(17)12(2)15-10-6-7-11-18-15/h4-12,16H,3H2,1-2H3. The highest BCUT2D eigenvalue weighted by Gasteiger charge is 2.20. The Bertz CT molecular complexity index is 495. The molecule has 0 aliphatic rings. The maximum absolute atomic E-state index is 4.45. The van der Waals surface area contributed by atoms with Crippen molar-refractivity contribution < 1.29 is 0 Å². The van der Waals surface area contributed by atoms with Crippen molar-refractivity contribution in [1.82, 2.24) is 4.98 Å². The van der Waals surface area contributed by atoms with E-state index >= 15 is 0 Å². The molecule has 1 aromatic heterocycles. The third-order valence-corrected chi connectivity index (χ3v) is 4.61. The Morgan fingerprint density at radius 2 is 1.83 bits per heavy atom. The van der Waals surface area contributed by atoms with Gasteiger partial charge in [-0.25, -0.2) is 0 Å². The largest absolute Gasteiger partial charge is 0.261 e. The molecule has 2 unspecified atom stereocenters. The van der Waals surface area contributed by atoms with Crippen LogP contribution in [0, 0.1) is 0 Å². The minimum absolute atomic E-state index is 0.309. The van der Waals surface area contributed by atoms with E-state index in [1.54, 1.807) is 0 Å². The molecule has 2 atom stereocenters. The van der Waals surface area contributed by atoms with Gasteiger partial charge < -0.3 is 0 Å². The molecule has 1 nitrogen and oxygen atoms in total. The zero-order chi connectivity index (χ0) is 13.0. The number of hydrogen-bond acceptors (Lipinski definition) is 1. The number of pyridine rings is 1. The molecule has 1 aromatic carbocycles. The monoisotopic (exact) mass is 303 g/mol. The van der Waals surface area contributed by atoms with E-state index < -0.39 is 0 Å². The van der Waals surface area contributed by atoms with Crippen molar-refractivity contribution >= 4 is 15.9 Å². The fourth-order valence-corrected chi connectivity index (χ4v) is 2.91. The lowest BCUT2D eigenvalue weighted by Gasteiger charge is -2.20. The number of rotatable bonds is 4. The van der Waals surface area contributed by atoms with Crippen LogP contribution < -0.4 is 0 Å². The third-order valence-electron chi connectivity index (χ3n) is 3.33. The molecule has 18 heavy (non-hydrogen) atoms. The lowest BCUT2D eigenvalue weighted by molar-refractivity contribution is 0.718. The molecule has 0 saturated carbocycles. The Labute approximate surface area is 117 Å². The molecule has 0 fully saturated rings. The minimum Gasteiger partial charge on any atom is -0.261 e. The Morgan fingerprint density at radius 1 is 1.11 bits per heavy atom. The van der Waals surface area contributed by atoms with Gasteiger partial charge in [0.2, 0.25) is 0 Å². The zero-order valence-corrected chi connectivity index (χ0v) is 12.4. The first kappa shape index (κ1) is 13.3. The van der Waals surface area contributed by atoms with Gasteiger partial charge in [-0.15, -0.1) is 0 Å². The summed E-state index contributed by atoms with van der Waals surface area (Å²) in [6.07, 6.45) is 2.92. The van der Waals surface area contributed by atoms with Gasteiger partial charge in [0.05, 0.1) is 0 Å². The van der Waals surface area contributed by atoms with Crippen LogP contribution in [0.25, 0.3) is 0 Å². The molecular formula is C16H18BrN. The number of alkyl halides is 1. The molecule has 0 aliphatic heterocycles. The number of halogens is 1. The highest BCUT2D eigenvalue weighted by atomic mass is 79.9. The summed E-state index contributed by atoms with van der Waals surface area (Å²) in [5.74, 6) is 0.360. The first-order valence-electron chi connectivity index (χ1n) is 6.36. The van der Waals surface area contributed by atoms with E-state index in [0.29, 0.717) is 10.7 Å². The molecule has 0 bridgehead atoms. The number of benzene rings is 1. The Balaban J connectivity index is 2.28. The summed E-state index contributed by atoms with van der Waals surface area (Å²) in [4.78, 5) is 4.76. The van der Waals surface area contributed by atoms with E-state index in [2.05, 4.69) is 65.1 Å². The van der Waals surface area contributed by atoms with E-state index in [-0.39, 0.29) is 0 Å². The van der Waals surface area contributed by atoms with Gasteiger partial charge in [-0.3, -0.25) is 4.98 Å². The number of aromatic nitrogens is 1. The maximum atomic E-state index is 4.45. The van der Waals surface area contributed by atoms with Crippen LogP contribution in [-0.2, 0) is 6.42 Å². The number of nitrogens with zero attached hydrogens (tertiary/aromatic N) is 1. The van der Waals surface area contributed by atoms with Crippen LogP contribution in [0.5, 0.6) is 0 Å². The summed E-state index contributed by atoms with van der Waals surface area (Å²) in [6, 6.07) is 14.7. The van der Waals surface area contributed by atoms with Gasteiger partial charge in [-0.05, 0) is 29.7 Å². The van der Waals surface area contributed by atoms with Gasteiger partial charge in [0.25, 0.3) is 0 Å². The molecular weight excluding hydrogens is 286 g/mol. The summed E-state index contributed by atoms with van der Waals surface area (Å²) in [5.41, 5.74) is 3.91. The SMILES string of the molecule is CCc1ccccc1C(Br)C(C)c1ccccn1. The van der Waals surface area contributed by atoms with Crippen LogP contribution in [0.4, 0.5) is 0 Å². The zero-order valence-electron chi connectivity index (χ0n) is 10.8. The van der Waals surface area contributed by atoms with Crippen molar-refractivity contribution in [3.05, 3.63) is 65.5 Å². The fourth-order valence-electron chi connectivity index (χ4n) is 2.19. The second kappa shape index (κ2) is 6.14. The van der Waals surface area contributed by atoms with Crippen LogP contribution in [0.1, 0.15) is 41.4 Å². The Kier molecular flexibility index (Phi) is 4.54.